The Labute approximate surface area is 447 Å². The number of benzene rings is 7. The highest BCUT2D eigenvalue weighted by Gasteiger charge is 2.31. The molecule has 0 aromatic heterocycles. The number of carbonyl (C=O) groups is 2. The second kappa shape index (κ2) is 19.9. The second-order valence-corrected chi connectivity index (χ2v) is 24.7. The molecule has 6 aromatic carbocycles. The predicted octanol–water partition coefficient (Wildman–Crippen LogP) is 9.55. The Morgan fingerprint density at radius 3 is 1.55 bits per heavy atom. The molecule has 2 aliphatic rings. The number of aryl methyl sites for hydroxylation is 6. The van der Waals surface area contributed by atoms with Crippen molar-refractivity contribution in [3.63, 3.8) is 0 Å². The minimum Gasteiger partial charge on any atom is -0.506 e. The number of nitrogens with one attached hydrogen (secondary N) is 3. The summed E-state index contributed by atoms with van der Waals surface area (Å²) in [7, 11) is -19.6. The largest absolute Gasteiger partial charge is 0.506 e. The lowest BCUT2D eigenvalue weighted by atomic mass is 9.93. The lowest BCUT2D eigenvalue weighted by Gasteiger charge is -2.21. The van der Waals surface area contributed by atoms with Crippen molar-refractivity contribution in [1.82, 2.24) is 0 Å². The van der Waals surface area contributed by atoms with E-state index in [2.05, 4.69) is 19.8 Å². The van der Waals surface area contributed by atoms with Crippen molar-refractivity contribution in [1.29, 1.82) is 0 Å². The third-order valence-corrected chi connectivity index (χ3v) is 17.4. The van der Waals surface area contributed by atoms with Gasteiger partial charge in [0.15, 0.2) is 11.5 Å². The zero-order valence-corrected chi connectivity index (χ0v) is 45.7. The van der Waals surface area contributed by atoms with Gasteiger partial charge in [0.05, 0.1) is 22.4 Å². The van der Waals surface area contributed by atoms with Gasteiger partial charge in [0.2, 0.25) is 0 Å². The van der Waals surface area contributed by atoms with E-state index in [1.54, 1.807) is 46.8 Å². The molecule has 0 bridgehead atoms. The number of anilines is 4. The molecule has 9 N–H and O–H groups in total. The average molecular weight is 1140 g/mol. The summed E-state index contributed by atoms with van der Waals surface area (Å²) >= 11 is 0. The van der Waals surface area contributed by atoms with E-state index in [4.69, 9.17) is 4.42 Å². The molecule has 0 fully saturated rings. The molecule has 0 radical (unpaired) electrons. The van der Waals surface area contributed by atoms with Gasteiger partial charge in [-0.3, -0.25) is 18.5 Å². The zero-order chi connectivity index (χ0) is 57.5. The van der Waals surface area contributed by atoms with E-state index < -0.39 is 99.8 Å². The predicted molar refractivity (Wildman–Crippen MR) is 289 cm³/mol. The third-order valence-electron chi connectivity index (χ3n) is 12.9. The molecule has 1 aliphatic carbocycles. The zero-order valence-electron chi connectivity index (χ0n) is 42.4. The monoisotopic (exact) mass is 1140 g/mol. The van der Waals surface area contributed by atoms with Crippen molar-refractivity contribution in [3.05, 3.63) is 152 Å². The molecule has 0 saturated heterocycles. The summed E-state index contributed by atoms with van der Waals surface area (Å²) in [6.07, 6.45) is 0. The number of hydrogen-bond donors (Lipinski definition) is 9. The number of hydrogen-bond acceptors (Lipinski definition) is 15. The van der Waals surface area contributed by atoms with Gasteiger partial charge in [0.25, 0.3) is 40.3 Å². The smallest absolute Gasteiger partial charge is 0.339 e. The van der Waals surface area contributed by atoms with Crippen molar-refractivity contribution in [2.45, 2.75) is 75.0 Å². The van der Waals surface area contributed by atoms with Crippen LogP contribution in [0.15, 0.2) is 120 Å². The average Bonchev–Trinajstić information content (AvgIpc) is 3.39. The molecule has 6 aromatic rings. The van der Waals surface area contributed by atoms with Crippen LogP contribution in [0.3, 0.4) is 0 Å². The first-order chi connectivity index (χ1) is 36.2. The van der Waals surface area contributed by atoms with Gasteiger partial charge in [0.1, 0.15) is 42.1 Å². The molecule has 0 spiro atoms. The van der Waals surface area contributed by atoms with Crippen molar-refractivity contribution in [2.24, 2.45) is 4.99 Å². The molecule has 406 valence electrons. The number of sulfonamides is 2. The minimum atomic E-state index is -5.24. The van der Waals surface area contributed by atoms with Gasteiger partial charge in [-0.1, -0.05) is 30.3 Å². The van der Waals surface area contributed by atoms with Crippen LogP contribution in [-0.2, 0) is 40.3 Å². The van der Waals surface area contributed by atoms with Crippen LogP contribution < -0.4 is 20.1 Å². The molecule has 1 heterocycles. The van der Waals surface area contributed by atoms with Gasteiger partial charge in [-0.25, -0.2) is 31.4 Å². The third kappa shape index (κ3) is 10.4. The van der Waals surface area contributed by atoms with E-state index in [9.17, 15) is 72.8 Å². The highest BCUT2D eigenvalue weighted by Crippen LogP contribution is 2.45. The van der Waals surface area contributed by atoms with E-state index >= 15 is 0 Å². The molecular formula is C53H48N4O17S4. The first-order valence-electron chi connectivity index (χ1n) is 23.0. The van der Waals surface area contributed by atoms with Crippen LogP contribution >= 0.6 is 0 Å². The first kappa shape index (κ1) is 55.9. The van der Waals surface area contributed by atoms with Gasteiger partial charge < -0.3 is 30.2 Å². The molecule has 0 amide bonds. The number of aromatic hydroxyl groups is 2. The van der Waals surface area contributed by atoms with Gasteiger partial charge >= 0.3 is 11.9 Å². The van der Waals surface area contributed by atoms with E-state index in [0.29, 0.717) is 39.2 Å². The lowest BCUT2D eigenvalue weighted by Crippen LogP contribution is -2.17. The maximum Gasteiger partial charge on any atom is 0.339 e. The fraction of sp³-hybridized carbons (Fsp3) is 0.151. The van der Waals surface area contributed by atoms with Crippen molar-refractivity contribution < 1.29 is 77.2 Å². The summed E-state index contributed by atoms with van der Waals surface area (Å²) in [6.45, 7) is 12.5. The number of carboxylic acid groups (broad SMARTS) is 2. The lowest BCUT2D eigenvalue weighted by molar-refractivity contribution is 0.0681. The van der Waals surface area contributed by atoms with Crippen molar-refractivity contribution in [2.75, 3.05) is 14.8 Å². The van der Waals surface area contributed by atoms with Crippen LogP contribution in [0, 0.1) is 55.4 Å². The summed E-state index contributed by atoms with van der Waals surface area (Å²) in [4.78, 5) is 25.6. The SMILES string of the molecule is Cc1cc(C(=O)O)c(O)c(S(=O)(=O)Nc2c(C)cc(C)c(N=c3cc4oc5cc(Nc6c(C)cc(C)c(NS(=O)(=O)c7cc(C)cc(C(=O)O)c7O)c6C)ccc5c(-c5ccccc5S(=O)(=O)O)c-4cc3S(=O)(=O)O)c2C)c1. The molecule has 78 heavy (non-hydrogen) atoms. The number of rotatable bonds is 14. The standard InChI is InChI=1S/C53H48N4O17S4/c1-24-15-36(52(60)61)50(58)43(17-24)75(64,65)56-48-28(5)19-26(3)46(30(48)7)54-32-13-14-33-39(21-32)74-40-23-38(42(78(71,72)73)22-35(40)45(33)34-11-9-10-12-41(34)77(68,69)70)55-47-27(4)20-29(6)49(31(47)8)57-76(66,67)44-18-25(2)16-37(51(44)59)53(62)63/h9-23,54,56-59H,1-8H3,(H,60,61)(H,62,63)(H,68,69,70)(H,71,72,73). The number of nitrogens with zero attached hydrogens (tertiary/aromatic N) is 1. The molecule has 8 rings (SSSR count). The summed E-state index contributed by atoms with van der Waals surface area (Å²) in [5, 5.41) is 43.8. The van der Waals surface area contributed by atoms with Gasteiger partial charge in [-0.05, 0) is 148 Å². The van der Waals surface area contributed by atoms with Crippen molar-refractivity contribution >= 4 is 91.6 Å². The molecular weight excluding hydrogens is 1090 g/mol. The Bertz CT molecular complexity index is 4460. The van der Waals surface area contributed by atoms with Crippen LogP contribution in [-0.4, -0.2) is 75.1 Å². The topological polar surface area (TPSA) is 354 Å². The van der Waals surface area contributed by atoms with Crippen LogP contribution in [0.25, 0.3) is 33.4 Å². The molecule has 25 heteroatoms. The Hall–Kier alpha value is -8.33. The fourth-order valence-electron chi connectivity index (χ4n) is 9.38. The molecule has 0 saturated carbocycles. The number of fused-ring (bicyclic) bond motifs is 2. The van der Waals surface area contributed by atoms with Gasteiger partial charge in [-0.15, -0.1) is 0 Å². The quantitative estimate of drug-likeness (QED) is 0.0361. The van der Waals surface area contributed by atoms with Crippen LogP contribution in [0.4, 0.5) is 28.4 Å². The molecule has 1 aliphatic heterocycles. The Morgan fingerprint density at radius 2 is 1.03 bits per heavy atom. The van der Waals surface area contributed by atoms with E-state index in [-0.39, 0.29) is 67.2 Å². The molecule has 0 atom stereocenters. The van der Waals surface area contributed by atoms with Crippen LogP contribution in [0.2, 0.25) is 0 Å². The summed E-state index contributed by atoms with van der Waals surface area (Å²) in [6, 6.07) is 19.6. The Balaban J connectivity index is 1.33. The van der Waals surface area contributed by atoms with E-state index in [1.165, 1.54) is 57.2 Å². The highest BCUT2D eigenvalue weighted by molar-refractivity contribution is 7.93. The van der Waals surface area contributed by atoms with Crippen LogP contribution in [0.1, 0.15) is 65.2 Å². The maximum absolute atomic E-state index is 13.9. The Kier molecular flexibility index (Phi) is 14.3. The van der Waals surface area contributed by atoms with Crippen LogP contribution in [0.5, 0.6) is 11.5 Å². The summed E-state index contributed by atoms with van der Waals surface area (Å²) in [5.74, 6) is -5.25. The van der Waals surface area contributed by atoms with E-state index in [1.807, 2.05) is 0 Å². The van der Waals surface area contributed by atoms with Crippen molar-refractivity contribution in [3.8, 4) is 33.9 Å². The number of phenols is 2. The maximum atomic E-state index is 13.9. The Morgan fingerprint density at radius 1 is 0.526 bits per heavy atom. The normalized spacial score (nSPS) is 12.5. The minimum absolute atomic E-state index is 0.00218. The second-order valence-electron chi connectivity index (χ2n) is 18.6. The summed E-state index contributed by atoms with van der Waals surface area (Å²) < 4.78 is 141. The first-order valence-corrected chi connectivity index (χ1v) is 28.9. The number of carboxylic acids is 2. The highest BCUT2D eigenvalue weighted by atomic mass is 32.2. The fourth-order valence-corrected chi connectivity index (χ4v) is 13.5. The van der Waals surface area contributed by atoms with Gasteiger partial charge in [0, 0.05) is 45.6 Å². The van der Waals surface area contributed by atoms with E-state index in [0.717, 1.165) is 42.5 Å². The summed E-state index contributed by atoms with van der Waals surface area (Å²) in [5.41, 5.74) is 2.02. The molecule has 0 unspecified atom stereocenters. The molecule has 21 nitrogen and oxygen atoms in total. The van der Waals surface area contributed by atoms with Gasteiger partial charge in [-0.2, -0.15) is 16.8 Å². The number of aromatic carboxylic acids is 2.